The molecule has 0 bridgehead atoms. The van der Waals surface area contributed by atoms with Crippen molar-refractivity contribution in [3.05, 3.63) is 23.8 Å². The fourth-order valence-corrected chi connectivity index (χ4v) is 2.16. The minimum atomic E-state index is -1.31. The van der Waals surface area contributed by atoms with Gasteiger partial charge in [0.15, 0.2) is 0 Å². The van der Waals surface area contributed by atoms with Gasteiger partial charge >= 0.3 is 0 Å². The Morgan fingerprint density at radius 2 is 1.54 bits per heavy atom. The summed E-state index contributed by atoms with van der Waals surface area (Å²) in [5.41, 5.74) is 0.493. The minimum absolute atomic E-state index is 0.264. The smallest absolute Gasteiger partial charge is 0.246 e. The summed E-state index contributed by atoms with van der Waals surface area (Å²) in [5.74, 6) is -1.75. The van der Waals surface area contributed by atoms with Crippen LogP contribution in [0.5, 0.6) is 0 Å². The molecule has 8 nitrogen and oxygen atoms in total. The van der Waals surface area contributed by atoms with Gasteiger partial charge in [0, 0.05) is 14.0 Å². The van der Waals surface area contributed by atoms with E-state index in [1.807, 2.05) is 20.8 Å². The molecule has 0 aliphatic rings. The Kier molecular flexibility index (Phi) is 9.91. The van der Waals surface area contributed by atoms with Crippen LogP contribution in [0.2, 0.25) is 0 Å². The molecule has 0 aliphatic carbocycles. The Labute approximate surface area is 166 Å². The van der Waals surface area contributed by atoms with Crippen molar-refractivity contribution in [2.75, 3.05) is 17.7 Å². The highest BCUT2D eigenvalue weighted by atomic mass is 16.2. The molecule has 0 radical (unpaired) electrons. The molecule has 0 aromatic heterocycles. The van der Waals surface area contributed by atoms with E-state index in [-0.39, 0.29) is 5.91 Å². The number of rotatable bonds is 6. The van der Waals surface area contributed by atoms with Crippen LogP contribution >= 0.6 is 0 Å². The van der Waals surface area contributed by atoms with Crippen LogP contribution in [0, 0.1) is 12.3 Å². The van der Waals surface area contributed by atoms with Crippen LogP contribution in [0.25, 0.3) is 0 Å². The van der Waals surface area contributed by atoms with E-state index in [1.165, 1.54) is 34.7 Å². The molecule has 4 N–H and O–H groups in total. The lowest BCUT2D eigenvalue weighted by molar-refractivity contribution is -0.142. The maximum atomic E-state index is 12.4. The van der Waals surface area contributed by atoms with Gasteiger partial charge in [0.1, 0.15) is 11.5 Å². The largest absolute Gasteiger partial charge is 0.358 e. The van der Waals surface area contributed by atoms with Gasteiger partial charge in [-0.1, -0.05) is 19.9 Å². The Morgan fingerprint density at radius 3 is 2.04 bits per heavy atom. The van der Waals surface area contributed by atoms with Crippen LogP contribution in [0.1, 0.15) is 47.1 Å². The van der Waals surface area contributed by atoms with E-state index in [0.29, 0.717) is 11.4 Å². The molecule has 28 heavy (non-hydrogen) atoms. The first-order chi connectivity index (χ1) is 13.0. The summed E-state index contributed by atoms with van der Waals surface area (Å²) in [6.45, 7) is 11.7. The minimum Gasteiger partial charge on any atom is -0.358 e. The number of aryl methyl sites for hydroxylation is 1. The average molecular weight is 393 g/mol. The van der Waals surface area contributed by atoms with Crippen molar-refractivity contribution in [1.82, 2.24) is 10.6 Å². The summed E-state index contributed by atoms with van der Waals surface area (Å²) >= 11 is 0. The SMILES string of the molecule is CC.CNC(=O)C(C)(C)C(=O)NC(C)C(=O)Nc1ccc(C)cc1NC(C)=O. The van der Waals surface area contributed by atoms with E-state index < -0.39 is 29.2 Å². The lowest BCUT2D eigenvalue weighted by atomic mass is 9.91. The number of hydrogen-bond acceptors (Lipinski definition) is 4. The third kappa shape index (κ3) is 7.02. The first-order valence-electron chi connectivity index (χ1n) is 9.21. The van der Waals surface area contributed by atoms with Crippen LogP contribution in [0.4, 0.5) is 11.4 Å². The van der Waals surface area contributed by atoms with E-state index >= 15 is 0 Å². The Morgan fingerprint density at radius 1 is 0.964 bits per heavy atom. The molecule has 1 atom stereocenters. The topological polar surface area (TPSA) is 116 Å². The van der Waals surface area contributed by atoms with Gasteiger partial charge in [-0.05, 0) is 45.4 Å². The molecule has 0 aliphatic heterocycles. The zero-order valence-electron chi connectivity index (χ0n) is 17.9. The molecule has 156 valence electrons. The highest BCUT2D eigenvalue weighted by molar-refractivity contribution is 6.07. The highest BCUT2D eigenvalue weighted by Crippen LogP contribution is 2.23. The second-order valence-electron chi connectivity index (χ2n) is 6.62. The van der Waals surface area contributed by atoms with Crippen LogP contribution in [0.3, 0.4) is 0 Å². The molecule has 1 aromatic rings. The Bertz CT molecular complexity index is 729. The average Bonchev–Trinajstić information content (AvgIpc) is 2.63. The van der Waals surface area contributed by atoms with E-state index in [4.69, 9.17) is 0 Å². The van der Waals surface area contributed by atoms with Gasteiger partial charge in [0.25, 0.3) is 0 Å². The molecule has 1 rings (SSSR count). The van der Waals surface area contributed by atoms with Crippen LogP contribution in [0.15, 0.2) is 18.2 Å². The summed E-state index contributed by atoms with van der Waals surface area (Å²) < 4.78 is 0. The first-order valence-corrected chi connectivity index (χ1v) is 9.21. The van der Waals surface area contributed by atoms with E-state index in [9.17, 15) is 19.2 Å². The first kappa shape index (κ1) is 25.1. The fourth-order valence-electron chi connectivity index (χ4n) is 2.16. The van der Waals surface area contributed by atoms with Crippen molar-refractivity contribution in [1.29, 1.82) is 0 Å². The molecule has 0 saturated carbocycles. The number of amides is 4. The molecule has 0 heterocycles. The van der Waals surface area contributed by atoms with Crippen LogP contribution < -0.4 is 21.3 Å². The van der Waals surface area contributed by atoms with Crippen molar-refractivity contribution in [2.24, 2.45) is 5.41 Å². The lowest BCUT2D eigenvalue weighted by Gasteiger charge is -2.24. The monoisotopic (exact) mass is 392 g/mol. The molecule has 0 saturated heterocycles. The second kappa shape index (κ2) is 11.1. The maximum Gasteiger partial charge on any atom is 0.246 e. The third-order valence-corrected chi connectivity index (χ3v) is 3.85. The highest BCUT2D eigenvalue weighted by Gasteiger charge is 2.36. The Balaban J connectivity index is 0.00000352. The summed E-state index contributed by atoms with van der Waals surface area (Å²) in [6.07, 6.45) is 0. The molecular weight excluding hydrogens is 360 g/mol. The zero-order valence-corrected chi connectivity index (χ0v) is 17.9. The second-order valence-corrected chi connectivity index (χ2v) is 6.62. The molecule has 1 aromatic carbocycles. The number of anilines is 2. The van der Waals surface area contributed by atoms with Gasteiger partial charge in [-0.15, -0.1) is 0 Å². The molecule has 1 unspecified atom stereocenters. The van der Waals surface area contributed by atoms with E-state index in [2.05, 4.69) is 21.3 Å². The van der Waals surface area contributed by atoms with Gasteiger partial charge in [-0.25, -0.2) is 0 Å². The standard InChI is InChI=1S/C18H26N4O4.C2H6/c1-10-7-8-13(14(9-10)21-12(3)23)22-15(24)11(2)20-17(26)18(4,5)16(25)19-6;1-2/h7-9,11H,1-6H3,(H,19,25)(H,20,26)(H,21,23)(H,22,24);1-2H3. The van der Waals surface area contributed by atoms with Gasteiger partial charge in [-0.3, -0.25) is 19.2 Å². The summed E-state index contributed by atoms with van der Waals surface area (Å²) in [4.78, 5) is 47.8. The predicted molar refractivity (Wildman–Crippen MR) is 111 cm³/mol. The van der Waals surface area contributed by atoms with Crippen molar-refractivity contribution in [3.8, 4) is 0 Å². The van der Waals surface area contributed by atoms with Gasteiger partial charge in [0.05, 0.1) is 11.4 Å². The summed E-state index contributed by atoms with van der Waals surface area (Å²) in [7, 11) is 1.44. The molecular formula is C20H32N4O4. The van der Waals surface area contributed by atoms with Crippen LogP contribution in [-0.2, 0) is 19.2 Å². The van der Waals surface area contributed by atoms with Crippen molar-refractivity contribution < 1.29 is 19.2 Å². The summed E-state index contributed by atoms with van der Waals surface area (Å²) in [6, 6.07) is 4.31. The van der Waals surface area contributed by atoms with Crippen molar-refractivity contribution in [3.63, 3.8) is 0 Å². The molecule has 0 spiro atoms. The zero-order chi connectivity index (χ0) is 22.1. The number of carbonyl (C=O) groups is 4. The third-order valence-electron chi connectivity index (χ3n) is 3.85. The normalized spacial score (nSPS) is 11.3. The van der Waals surface area contributed by atoms with E-state index in [1.54, 1.807) is 18.2 Å². The van der Waals surface area contributed by atoms with Gasteiger partial charge in [-0.2, -0.15) is 0 Å². The predicted octanol–water partition coefficient (Wildman–Crippen LogP) is 2.20. The van der Waals surface area contributed by atoms with Gasteiger partial charge in [0.2, 0.25) is 23.6 Å². The van der Waals surface area contributed by atoms with E-state index in [0.717, 1.165) is 5.56 Å². The lowest BCUT2D eigenvalue weighted by Crippen LogP contribution is -2.51. The van der Waals surface area contributed by atoms with Crippen molar-refractivity contribution in [2.45, 2.75) is 54.5 Å². The van der Waals surface area contributed by atoms with Crippen LogP contribution in [-0.4, -0.2) is 36.7 Å². The molecule has 4 amide bonds. The Hall–Kier alpha value is -2.90. The fraction of sp³-hybridized carbons (Fsp3) is 0.500. The number of hydrogen-bond donors (Lipinski definition) is 4. The molecule has 0 fully saturated rings. The number of carbonyl (C=O) groups excluding carboxylic acids is 4. The number of nitrogens with one attached hydrogen (secondary N) is 4. The maximum absolute atomic E-state index is 12.4. The quantitative estimate of drug-likeness (QED) is 0.555. The summed E-state index contributed by atoms with van der Waals surface area (Å²) in [5, 5.41) is 10.3. The molecule has 8 heteroatoms. The van der Waals surface area contributed by atoms with Gasteiger partial charge < -0.3 is 21.3 Å². The van der Waals surface area contributed by atoms with Crippen molar-refractivity contribution >= 4 is 35.0 Å². The number of benzene rings is 1.